The van der Waals surface area contributed by atoms with Crippen molar-refractivity contribution in [3.05, 3.63) is 64.2 Å². The second-order valence-electron chi connectivity index (χ2n) is 6.27. The highest BCUT2D eigenvalue weighted by Gasteiger charge is 2.28. The first-order valence-corrected chi connectivity index (χ1v) is 10.1. The van der Waals surface area contributed by atoms with E-state index in [1.807, 2.05) is 0 Å². The molecule has 0 spiro atoms. The van der Waals surface area contributed by atoms with Crippen LogP contribution in [0.3, 0.4) is 0 Å². The average Bonchev–Trinajstić information content (AvgIpc) is 3.01. The fourth-order valence-electron chi connectivity index (χ4n) is 3.30. The van der Waals surface area contributed by atoms with Gasteiger partial charge in [-0.1, -0.05) is 12.1 Å². The molecule has 1 heterocycles. The van der Waals surface area contributed by atoms with Crippen LogP contribution in [-0.2, 0) is 10.0 Å². The van der Waals surface area contributed by atoms with Crippen molar-refractivity contribution in [2.45, 2.75) is 11.8 Å². The third-order valence-corrected chi connectivity index (χ3v) is 5.92. The molecule has 10 heteroatoms. The summed E-state index contributed by atoms with van der Waals surface area (Å²) in [5.74, 6) is -0.0687. The molecule has 4 rings (SSSR count). The minimum Gasteiger partial charge on any atom is -0.494 e. The van der Waals surface area contributed by atoms with Gasteiger partial charge in [0.05, 0.1) is 23.3 Å². The van der Waals surface area contributed by atoms with E-state index in [1.54, 1.807) is 31.2 Å². The van der Waals surface area contributed by atoms with Crippen LogP contribution >= 0.6 is 0 Å². The van der Waals surface area contributed by atoms with Crippen molar-refractivity contribution >= 4 is 43.8 Å². The minimum absolute atomic E-state index is 0.202. The summed E-state index contributed by atoms with van der Waals surface area (Å²) in [6.07, 6.45) is 0. The first kappa shape index (κ1) is 18.7. The molecule has 0 saturated heterocycles. The van der Waals surface area contributed by atoms with Gasteiger partial charge in [-0.2, -0.15) is 0 Å². The Morgan fingerprint density at radius 3 is 2.69 bits per heavy atom. The van der Waals surface area contributed by atoms with Gasteiger partial charge in [-0.05, 0) is 37.3 Å². The number of nitrogens with one attached hydrogen (secondary N) is 2. The van der Waals surface area contributed by atoms with Crippen LogP contribution in [0.5, 0.6) is 5.75 Å². The van der Waals surface area contributed by atoms with Gasteiger partial charge in [-0.3, -0.25) is 19.6 Å². The van der Waals surface area contributed by atoms with E-state index in [9.17, 15) is 23.3 Å². The van der Waals surface area contributed by atoms with Crippen LogP contribution in [-0.4, -0.2) is 25.9 Å². The van der Waals surface area contributed by atoms with E-state index in [-0.39, 0.29) is 24.0 Å². The average molecular weight is 413 g/mol. The summed E-state index contributed by atoms with van der Waals surface area (Å²) in [4.78, 5) is 22.2. The molecule has 1 aliphatic rings. The Bertz CT molecular complexity index is 1290. The zero-order valence-electron chi connectivity index (χ0n) is 15.1. The van der Waals surface area contributed by atoms with Crippen molar-refractivity contribution in [1.82, 2.24) is 0 Å². The van der Waals surface area contributed by atoms with E-state index in [0.717, 1.165) is 12.1 Å². The van der Waals surface area contributed by atoms with E-state index in [0.29, 0.717) is 22.0 Å². The lowest BCUT2D eigenvalue weighted by Gasteiger charge is -2.12. The summed E-state index contributed by atoms with van der Waals surface area (Å²) in [5.41, 5.74) is 0.637. The summed E-state index contributed by atoms with van der Waals surface area (Å²) in [5, 5.41) is 15.3. The Labute approximate surface area is 165 Å². The quantitative estimate of drug-likeness (QED) is 0.470. The Hall–Kier alpha value is -3.66. The molecule has 0 atom stereocenters. The van der Waals surface area contributed by atoms with Crippen LogP contribution in [0.2, 0.25) is 0 Å². The van der Waals surface area contributed by atoms with E-state index in [2.05, 4.69) is 10.0 Å². The van der Waals surface area contributed by atoms with E-state index in [4.69, 9.17) is 4.74 Å². The highest BCUT2D eigenvalue weighted by atomic mass is 32.2. The second kappa shape index (κ2) is 6.74. The van der Waals surface area contributed by atoms with Crippen molar-refractivity contribution in [3.63, 3.8) is 0 Å². The third kappa shape index (κ3) is 3.13. The summed E-state index contributed by atoms with van der Waals surface area (Å²) < 4.78 is 33.5. The molecule has 0 fully saturated rings. The van der Waals surface area contributed by atoms with Crippen LogP contribution in [0.15, 0.2) is 53.4 Å². The van der Waals surface area contributed by atoms with Crippen molar-refractivity contribution in [1.29, 1.82) is 0 Å². The van der Waals surface area contributed by atoms with Gasteiger partial charge >= 0.3 is 0 Å². The maximum absolute atomic E-state index is 13.0. The van der Waals surface area contributed by atoms with Gasteiger partial charge in [0, 0.05) is 22.0 Å². The van der Waals surface area contributed by atoms with Crippen molar-refractivity contribution < 1.29 is 22.9 Å². The molecule has 0 saturated carbocycles. The minimum atomic E-state index is -4.28. The van der Waals surface area contributed by atoms with Gasteiger partial charge in [0.1, 0.15) is 5.75 Å². The number of nitro benzene ring substituents is 1. The molecule has 1 aliphatic heterocycles. The number of hydrogen-bond acceptors (Lipinski definition) is 6. The number of carbonyl (C=O) groups excluding carboxylic acids is 1. The lowest BCUT2D eigenvalue weighted by Crippen LogP contribution is -2.15. The number of amides is 1. The number of anilines is 2. The van der Waals surface area contributed by atoms with Crippen LogP contribution in [0.25, 0.3) is 10.8 Å². The molecule has 9 nitrogen and oxygen atoms in total. The van der Waals surface area contributed by atoms with Crippen LogP contribution in [0, 0.1) is 10.1 Å². The Balaban J connectivity index is 1.81. The molecule has 0 unspecified atom stereocenters. The number of nitrogens with zero attached hydrogens (tertiary/aromatic N) is 1. The molecular weight excluding hydrogens is 398 g/mol. The molecule has 0 bridgehead atoms. The number of nitro groups is 1. The van der Waals surface area contributed by atoms with Crippen LogP contribution < -0.4 is 14.8 Å². The fraction of sp³-hybridized carbons (Fsp3) is 0.105. The SMILES string of the molecule is CCOc1ccc(S(=O)(=O)Nc2ccc3c4c(cccc24)C(=O)N3)c([N+](=O)[O-])c1. The zero-order valence-corrected chi connectivity index (χ0v) is 15.9. The molecule has 148 valence electrons. The van der Waals surface area contributed by atoms with Crippen LogP contribution in [0.4, 0.5) is 17.1 Å². The number of benzene rings is 3. The van der Waals surface area contributed by atoms with E-state index >= 15 is 0 Å². The van der Waals surface area contributed by atoms with Crippen molar-refractivity contribution in [2.24, 2.45) is 0 Å². The highest BCUT2D eigenvalue weighted by molar-refractivity contribution is 7.92. The third-order valence-electron chi connectivity index (χ3n) is 4.51. The van der Waals surface area contributed by atoms with Gasteiger partial charge in [-0.25, -0.2) is 8.42 Å². The van der Waals surface area contributed by atoms with Crippen LogP contribution in [0.1, 0.15) is 17.3 Å². The first-order valence-electron chi connectivity index (χ1n) is 8.63. The van der Waals surface area contributed by atoms with Crippen molar-refractivity contribution in [3.8, 4) is 5.75 Å². The van der Waals surface area contributed by atoms with Gasteiger partial charge in [0.15, 0.2) is 4.90 Å². The number of rotatable bonds is 6. The van der Waals surface area contributed by atoms with Gasteiger partial charge in [0.25, 0.3) is 21.6 Å². The van der Waals surface area contributed by atoms with E-state index < -0.39 is 25.5 Å². The maximum atomic E-state index is 13.0. The van der Waals surface area contributed by atoms with Crippen molar-refractivity contribution in [2.75, 3.05) is 16.6 Å². The Morgan fingerprint density at radius 1 is 1.17 bits per heavy atom. The monoisotopic (exact) mass is 413 g/mol. The summed E-state index contributed by atoms with van der Waals surface area (Å²) >= 11 is 0. The molecule has 3 aromatic rings. The predicted octanol–water partition coefficient (Wildman–Crippen LogP) is 3.51. The molecule has 1 amide bonds. The molecule has 3 aromatic carbocycles. The largest absolute Gasteiger partial charge is 0.494 e. The van der Waals surface area contributed by atoms with Gasteiger partial charge < -0.3 is 10.1 Å². The topological polar surface area (TPSA) is 128 Å². The summed E-state index contributed by atoms with van der Waals surface area (Å²) in [6, 6.07) is 11.6. The Morgan fingerprint density at radius 2 is 1.97 bits per heavy atom. The molecule has 0 aliphatic carbocycles. The van der Waals surface area contributed by atoms with Gasteiger partial charge in [0.2, 0.25) is 0 Å². The zero-order chi connectivity index (χ0) is 20.8. The Kier molecular flexibility index (Phi) is 4.35. The lowest BCUT2D eigenvalue weighted by atomic mass is 10.0. The first-order chi connectivity index (χ1) is 13.8. The highest BCUT2D eigenvalue weighted by Crippen LogP contribution is 2.38. The van der Waals surface area contributed by atoms with Gasteiger partial charge in [-0.15, -0.1) is 0 Å². The summed E-state index contributed by atoms with van der Waals surface area (Å²) in [6.45, 7) is 2.00. The second-order valence-corrected chi connectivity index (χ2v) is 7.92. The molecular formula is C19H15N3O6S. The molecule has 0 aromatic heterocycles. The lowest BCUT2D eigenvalue weighted by molar-refractivity contribution is -0.387. The molecule has 2 N–H and O–H groups in total. The van der Waals surface area contributed by atoms with E-state index in [1.165, 1.54) is 12.1 Å². The normalized spacial score (nSPS) is 12.7. The maximum Gasteiger partial charge on any atom is 0.293 e. The number of hydrogen-bond donors (Lipinski definition) is 2. The predicted molar refractivity (Wildman–Crippen MR) is 107 cm³/mol. The number of sulfonamides is 1. The number of carbonyl (C=O) groups is 1. The molecule has 29 heavy (non-hydrogen) atoms. The molecule has 0 radical (unpaired) electrons. The smallest absolute Gasteiger partial charge is 0.293 e. The summed E-state index contributed by atoms with van der Waals surface area (Å²) in [7, 11) is -4.28. The fourth-order valence-corrected chi connectivity index (χ4v) is 4.54. The standard InChI is InChI=1S/C19H15N3O6S/c1-2-28-11-6-9-17(16(10-11)22(24)25)29(26,27)21-14-7-8-15-18-12(14)4-3-5-13(18)19(23)20-15/h3-10,21H,2H2,1H3,(H,20,23). The number of ether oxygens (including phenoxy) is 1.